The van der Waals surface area contributed by atoms with Gasteiger partial charge in [-0.2, -0.15) is 0 Å². The first-order valence-electron chi connectivity index (χ1n) is 9.30. The second kappa shape index (κ2) is 22.3. The van der Waals surface area contributed by atoms with Gasteiger partial charge in [0.15, 0.2) is 0 Å². The van der Waals surface area contributed by atoms with E-state index in [0.717, 1.165) is 23.7 Å². The quantitative estimate of drug-likeness (QED) is 0.441. The summed E-state index contributed by atoms with van der Waals surface area (Å²) in [4.78, 5) is 0. The SMILES string of the molecule is C.CCC(C)C(C)C.CCC(C)CC.CCCC(C)CC. The molecule has 21 heavy (non-hydrogen) atoms. The Morgan fingerprint density at radius 2 is 0.952 bits per heavy atom. The van der Waals surface area contributed by atoms with Crippen LogP contribution in [0.2, 0.25) is 0 Å². The summed E-state index contributed by atoms with van der Waals surface area (Å²) >= 11 is 0. The van der Waals surface area contributed by atoms with E-state index in [1.165, 1.54) is 38.5 Å². The zero-order valence-electron chi connectivity index (χ0n) is 16.6. The molecular weight excluding hydrogens is 252 g/mol. The van der Waals surface area contributed by atoms with Crippen LogP contribution < -0.4 is 0 Å². The van der Waals surface area contributed by atoms with E-state index in [0.29, 0.717) is 0 Å². The van der Waals surface area contributed by atoms with Crippen molar-refractivity contribution in [3.8, 4) is 0 Å². The van der Waals surface area contributed by atoms with Gasteiger partial charge in [-0.15, -0.1) is 0 Å². The van der Waals surface area contributed by atoms with E-state index in [2.05, 4.69) is 69.2 Å². The minimum Gasteiger partial charge on any atom is -0.0776 e. The van der Waals surface area contributed by atoms with Gasteiger partial charge in [0.05, 0.1) is 0 Å². The summed E-state index contributed by atoms with van der Waals surface area (Å²) in [5, 5.41) is 0. The van der Waals surface area contributed by atoms with E-state index < -0.39 is 0 Å². The fourth-order valence-corrected chi connectivity index (χ4v) is 1.46. The summed E-state index contributed by atoms with van der Waals surface area (Å²) in [6.45, 7) is 22.6. The van der Waals surface area contributed by atoms with Gasteiger partial charge in [0.2, 0.25) is 0 Å². The normalized spacial score (nSPS) is 12.6. The van der Waals surface area contributed by atoms with E-state index >= 15 is 0 Å². The van der Waals surface area contributed by atoms with Crippen LogP contribution >= 0.6 is 0 Å². The van der Waals surface area contributed by atoms with Crippen molar-refractivity contribution in [2.45, 2.75) is 115 Å². The Labute approximate surface area is 139 Å². The first-order chi connectivity index (χ1) is 9.30. The highest BCUT2D eigenvalue weighted by Gasteiger charge is 2.01. The molecule has 2 atom stereocenters. The van der Waals surface area contributed by atoms with Gasteiger partial charge in [-0.3, -0.25) is 0 Å². The molecule has 0 aromatic heterocycles. The molecule has 0 saturated heterocycles. The zero-order chi connectivity index (χ0) is 16.6. The van der Waals surface area contributed by atoms with Crippen molar-refractivity contribution in [1.82, 2.24) is 0 Å². The second-order valence-electron chi connectivity index (χ2n) is 6.85. The lowest BCUT2D eigenvalue weighted by atomic mass is 9.96. The standard InChI is InChI=1S/2C7H16.C6H14.CH4/c1-5-7(4)6(2)3;1-4-6-7(3)5-2;1-4-6(3)5-2;/h6-7H,5H2,1-4H3;7H,4-6H2,1-3H3;6H,4-5H2,1-3H3;1H4. The predicted octanol–water partition coefficient (Wildman–Crippen LogP) is 8.60. The van der Waals surface area contributed by atoms with E-state index in [-0.39, 0.29) is 7.43 Å². The van der Waals surface area contributed by atoms with Gasteiger partial charge in [0, 0.05) is 0 Å². The van der Waals surface area contributed by atoms with Gasteiger partial charge in [0.25, 0.3) is 0 Å². The predicted molar refractivity (Wildman–Crippen MR) is 105 cm³/mol. The minimum absolute atomic E-state index is 0. The molecule has 0 bridgehead atoms. The maximum Gasteiger partial charge on any atom is -0.0422 e. The molecule has 0 aromatic carbocycles. The Morgan fingerprint density at radius 3 is 1.00 bits per heavy atom. The fraction of sp³-hybridized carbons (Fsp3) is 1.00. The molecule has 0 aliphatic carbocycles. The molecule has 0 amide bonds. The Hall–Kier alpha value is 0. The van der Waals surface area contributed by atoms with Crippen LogP contribution in [0.25, 0.3) is 0 Å². The Morgan fingerprint density at radius 1 is 0.571 bits per heavy atom. The van der Waals surface area contributed by atoms with Crippen LogP contribution in [0.5, 0.6) is 0 Å². The third-order valence-corrected chi connectivity index (χ3v) is 4.65. The van der Waals surface area contributed by atoms with Crippen LogP contribution in [0.3, 0.4) is 0 Å². The van der Waals surface area contributed by atoms with E-state index in [1.54, 1.807) is 0 Å². The molecule has 2 unspecified atom stereocenters. The smallest absolute Gasteiger partial charge is 0.0422 e. The molecule has 0 heterocycles. The largest absolute Gasteiger partial charge is 0.0776 e. The number of hydrogen-bond donors (Lipinski definition) is 0. The summed E-state index contributed by atoms with van der Waals surface area (Å²) in [6, 6.07) is 0. The van der Waals surface area contributed by atoms with Crippen molar-refractivity contribution >= 4 is 0 Å². The van der Waals surface area contributed by atoms with Crippen molar-refractivity contribution in [2.24, 2.45) is 23.7 Å². The monoisotopic (exact) mass is 302 g/mol. The maximum absolute atomic E-state index is 2.31. The van der Waals surface area contributed by atoms with Crippen molar-refractivity contribution in [1.29, 1.82) is 0 Å². The van der Waals surface area contributed by atoms with Gasteiger partial charge >= 0.3 is 0 Å². The Kier molecular flexibility index (Phi) is 30.8. The third kappa shape index (κ3) is 28.8. The average molecular weight is 303 g/mol. The Balaban J connectivity index is -0.000000101. The molecule has 134 valence electrons. The Bertz CT molecular complexity index is 144. The zero-order valence-corrected chi connectivity index (χ0v) is 16.6. The molecule has 0 N–H and O–H groups in total. The van der Waals surface area contributed by atoms with Crippen LogP contribution in [0.4, 0.5) is 0 Å². The highest BCUT2D eigenvalue weighted by molar-refractivity contribution is 4.52. The molecule has 0 heteroatoms. The van der Waals surface area contributed by atoms with Crippen LogP contribution in [-0.4, -0.2) is 0 Å². The maximum atomic E-state index is 2.31. The molecule has 0 aliphatic rings. The lowest BCUT2D eigenvalue weighted by molar-refractivity contribution is 0.407. The van der Waals surface area contributed by atoms with Gasteiger partial charge in [-0.25, -0.2) is 0 Å². The first-order valence-corrected chi connectivity index (χ1v) is 9.30. The van der Waals surface area contributed by atoms with Gasteiger partial charge < -0.3 is 0 Å². The van der Waals surface area contributed by atoms with Gasteiger partial charge in [-0.05, 0) is 23.7 Å². The lowest BCUT2D eigenvalue weighted by Gasteiger charge is -2.10. The highest BCUT2D eigenvalue weighted by Crippen LogP contribution is 2.11. The van der Waals surface area contributed by atoms with E-state index in [9.17, 15) is 0 Å². The molecule has 0 saturated carbocycles. The first kappa shape index (κ1) is 29.1. The number of hydrogen-bond acceptors (Lipinski definition) is 0. The average Bonchev–Trinajstić information content (AvgIpc) is 2.46. The number of rotatable bonds is 7. The molecule has 0 rings (SSSR count). The van der Waals surface area contributed by atoms with Crippen molar-refractivity contribution in [3.05, 3.63) is 0 Å². The van der Waals surface area contributed by atoms with Crippen molar-refractivity contribution in [3.63, 3.8) is 0 Å². The highest BCUT2D eigenvalue weighted by atomic mass is 14.1. The summed E-state index contributed by atoms with van der Waals surface area (Å²) in [5.74, 6) is 3.65. The molecule has 0 fully saturated rings. The topological polar surface area (TPSA) is 0 Å². The molecular formula is C21H50. The van der Waals surface area contributed by atoms with Crippen LogP contribution in [0, 0.1) is 23.7 Å². The van der Waals surface area contributed by atoms with Crippen LogP contribution in [-0.2, 0) is 0 Å². The van der Waals surface area contributed by atoms with Crippen LogP contribution in [0.1, 0.15) is 115 Å². The lowest BCUT2D eigenvalue weighted by Crippen LogP contribution is -2.00. The van der Waals surface area contributed by atoms with Crippen molar-refractivity contribution in [2.75, 3.05) is 0 Å². The van der Waals surface area contributed by atoms with Gasteiger partial charge in [0.1, 0.15) is 0 Å². The van der Waals surface area contributed by atoms with E-state index in [4.69, 9.17) is 0 Å². The second-order valence-corrected chi connectivity index (χ2v) is 6.85. The van der Waals surface area contributed by atoms with Gasteiger partial charge in [-0.1, -0.05) is 115 Å². The van der Waals surface area contributed by atoms with Crippen molar-refractivity contribution < 1.29 is 0 Å². The molecule has 0 aliphatic heterocycles. The summed E-state index contributed by atoms with van der Waals surface area (Å²) in [6.07, 6.45) is 8.06. The minimum atomic E-state index is 0. The molecule has 0 nitrogen and oxygen atoms in total. The molecule has 0 aromatic rings. The molecule has 0 radical (unpaired) electrons. The summed E-state index contributed by atoms with van der Waals surface area (Å²) < 4.78 is 0. The fourth-order valence-electron chi connectivity index (χ4n) is 1.46. The third-order valence-electron chi connectivity index (χ3n) is 4.65. The van der Waals surface area contributed by atoms with E-state index in [1.807, 2.05) is 0 Å². The summed E-state index contributed by atoms with van der Waals surface area (Å²) in [7, 11) is 0. The molecule has 0 spiro atoms. The summed E-state index contributed by atoms with van der Waals surface area (Å²) in [5.41, 5.74) is 0. The van der Waals surface area contributed by atoms with Crippen LogP contribution in [0.15, 0.2) is 0 Å².